The number of aromatic nitrogens is 2. The third-order valence-corrected chi connectivity index (χ3v) is 2.35. The molecule has 6 nitrogen and oxygen atoms in total. The molecule has 0 saturated carbocycles. The normalized spacial score (nSPS) is 10.0. The van der Waals surface area contributed by atoms with Crippen LogP contribution in [0.5, 0.6) is 0 Å². The highest BCUT2D eigenvalue weighted by atomic mass is 16.4. The van der Waals surface area contributed by atoms with E-state index in [1.165, 1.54) is 30.6 Å². The third-order valence-electron chi connectivity index (χ3n) is 2.35. The minimum atomic E-state index is -1.27. The van der Waals surface area contributed by atoms with E-state index in [0.717, 1.165) is 6.20 Å². The molecule has 0 aliphatic carbocycles. The van der Waals surface area contributed by atoms with Gasteiger partial charge < -0.3 is 10.2 Å². The first-order valence-electron chi connectivity index (χ1n) is 4.97. The van der Waals surface area contributed by atoms with Gasteiger partial charge in [0.1, 0.15) is 0 Å². The molecule has 18 heavy (non-hydrogen) atoms. The average Bonchev–Trinajstić information content (AvgIpc) is 2.38. The second-order valence-corrected chi connectivity index (χ2v) is 3.43. The van der Waals surface area contributed by atoms with Crippen molar-refractivity contribution in [3.63, 3.8) is 0 Å². The van der Waals surface area contributed by atoms with Gasteiger partial charge in [-0.05, 0) is 23.8 Å². The SMILES string of the molecule is O=C(O)c1ccnc(C(=O)O)c1-c1ccncc1. The van der Waals surface area contributed by atoms with Crippen LogP contribution in [-0.2, 0) is 0 Å². The first-order valence-corrected chi connectivity index (χ1v) is 4.97. The molecule has 0 unspecified atom stereocenters. The largest absolute Gasteiger partial charge is 0.478 e. The maximum absolute atomic E-state index is 11.1. The lowest BCUT2D eigenvalue weighted by molar-refractivity contribution is 0.0691. The summed E-state index contributed by atoms with van der Waals surface area (Å²) < 4.78 is 0. The minimum Gasteiger partial charge on any atom is -0.478 e. The summed E-state index contributed by atoms with van der Waals surface area (Å²) in [6, 6.07) is 4.34. The van der Waals surface area contributed by atoms with Crippen LogP contribution in [0.15, 0.2) is 36.8 Å². The Kier molecular flexibility index (Phi) is 3.01. The van der Waals surface area contributed by atoms with Crippen LogP contribution in [0.25, 0.3) is 11.1 Å². The van der Waals surface area contributed by atoms with Gasteiger partial charge in [-0.15, -0.1) is 0 Å². The van der Waals surface area contributed by atoms with Gasteiger partial charge in [0.2, 0.25) is 0 Å². The van der Waals surface area contributed by atoms with Crippen molar-refractivity contribution < 1.29 is 19.8 Å². The van der Waals surface area contributed by atoms with E-state index in [0.29, 0.717) is 5.56 Å². The highest BCUT2D eigenvalue weighted by Gasteiger charge is 2.20. The van der Waals surface area contributed by atoms with Crippen molar-refractivity contribution in [3.05, 3.63) is 48.0 Å². The Balaban J connectivity index is 2.77. The molecule has 2 N–H and O–H groups in total. The Labute approximate surface area is 102 Å². The van der Waals surface area contributed by atoms with Crippen LogP contribution in [0.2, 0.25) is 0 Å². The number of carbonyl (C=O) groups is 2. The molecule has 0 bridgehead atoms. The number of pyridine rings is 2. The standard InChI is InChI=1S/C12H8N2O4/c15-11(16)8-3-6-14-10(12(17)18)9(8)7-1-4-13-5-2-7/h1-6H,(H,15,16)(H,17,18). The lowest BCUT2D eigenvalue weighted by atomic mass is 9.99. The Bertz CT molecular complexity index is 578. The third kappa shape index (κ3) is 2.03. The van der Waals surface area contributed by atoms with E-state index < -0.39 is 11.9 Å². The van der Waals surface area contributed by atoms with Crippen LogP contribution in [0.1, 0.15) is 20.8 Å². The smallest absolute Gasteiger partial charge is 0.355 e. The quantitative estimate of drug-likeness (QED) is 0.849. The average molecular weight is 244 g/mol. The van der Waals surface area contributed by atoms with Crippen LogP contribution < -0.4 is 0 Å². The van der Waals surface area contributed by atoms with E-state index in [2.05, 4.69) is 9.97 Å². The van der Waals surface area contributed by atoms with Gasteiger partial charge in [0.25, 0.3) is 0 Å². The van der Waals surface area contributed by atoms with Gasteiger partial charge in [-0.3, -0.25) is 4.98 Å². The molecular weight excluding hydrogens is 236 g/mol. The van der Waals surface area contributed by atoms with Crippen LogP contribution in [0, 0.1) is 0 Å². The molecule has 6 heteroatoms. The summed E-state index contributed by atoms with van der Waals surface area (Å²) in [5, 5.41) is 18.2. The Hall–Kier alpha value is -2.76. The summed E-state index contributed by atoms with van der Waals surface area (Å²) in [5.74, 6) is -2.48. The summed E-state index contributed by atoms with van der Waals surface area (Å²) in [5.41, 5.74) is 0.141. The molecule has 0 amide bonds. The van der Waals surface area contributed by atoms with Gasteiger partial charge in [-0.25, -0.2) is 14.6 Å². The van der Waals surface area contributed by atoms with Crippen molar-refractivity contribution in [2.24, 2.45) is 0 Å². The van der Waals surface area contributed by atoms with Crippen LogP contribution in [0.4, 0.5) is 0 Å². The molecule has 0 aliphatic heterocycles. The van der Waals surface area contributed by atoms with Crippen molar-refractivity contribution in [1.82, 2.24) is 9.97 Å². The summed E-state index contributed by atoms with van der Waals surface area (Å²) in [6.07, 6.45) is 4.08. The molecule has 90 valence electrons. The molecule has 0 aliphatic rings. The minimum absolute atomic E-state index is 0.0832. The van der Waals surface area contributed by atoms with Gasteiger partial charge in [-0.2, -0.15) is 0 Å². The van der Waals surface area contributed by atoms with Gasteiger partial charge in [0, 0.05) is 24.2 Å². The van der Waals surface area contributed by atoms with Gasteiger partial charge in [0.05, 0.1) is 5.56 Å². The van der Waals surface area contributed by atoms with Crippen molar-refractivity contribution in [3.8, 4) is 11.1 Å². The molecule has 0 fully saturated rings. The zero-order valence-corrected chi connectivity index (χ0v) is 9.07. The summed E-state index contributed by atoms with van der Waals surface area (Å²) in [6.45, 7) is 0. The summed E-state index contributed by atoms with van der Waals surface area (Å²) >= 11 is 0. The monoisotopic (exact) mass is 244 g/mol. The number of hydrogen-bond donors (Lipinski definition) is 2. The van der Waals surface area contributed by atoms with Crippen molar-refractivity contribution >= 4 is 11.9 Å². The van der Waals surface area contributed by atoms with E-state index in [-0.39, 0.29) is 16.8 Å². The topological polar surface area (TPSA) is 100 Å². The Morgan fingerprint density at radius 2 is 1.61 bits per heavy atom. The maximum Gasteiger partial charge on any atom is 0.355 e. The predicted molar refractivity (Wildman–Crippen MR) is 61.4 cm³/mol. The molecule has 2 rings (SSSR count). The molecular formula is C12H8N2O4. The number of hydrogen-bond acceptors (Lipinski definition) is 4. The van der Waals surface area contributed by atoms with Crippen molar-refractivity contribution in [2.45, 2.75) is 0 Å². The fraction of sp³-hybridized carbons (Fsp3) is 0. The van der Waals surface area contributed by atoms with Gasteiger partial charge >= 0.3 is 11.9 Å². The predicted octanol–water partition coefficient (Wildman–Crippen LogP) is 1.54. The molecule has 0 spiro atoms. The zero-order chi connectivity index (χ0) is 13.1. The van der Waals surface area contributed by atoms with E-state index in [1.807, 2.05) is 0 Å². The molecule has 0 saturated heterocycles. The fourth-order valence-electron chi connectivity index (χ4n) is 1.61. The molecule has 0 radical (unpaired) electrons. The molecule has 2 aromatic rings. The number of aromatic carboxylic acids is 2. The maximum atomic E-state index is 11.1. The lowest BCUT2D eigenvalue weighted by Crippen LogP contribution is -2.09. The number of carboxylic acids is 2. The number of carboxylic acid groups (broad SMARTS) is 2. The van der Waals surface area contributed by atoms with Crippen molar-refractivity contribution in [2.75, 3.05) is 0 Å². The van der Waals surface area contributed by atoms with E-state index in [4.69, 9.17) is 10.2 Å². The van der Waals surface area contributed by atoms with Crippen LogP contribution in [-0.4, -0.2) is 32.1 Å². The number of nitrogens with zero attached hydrogens (tertiary/aromatic N) is 2. The molecule has 0 aromatic carbocycles. The molecule has 2 heterocycles. The Morgan fingerprint density at radius 1 is 0.944 bits per heavy atom. The van der Waals surface area contributed by atoms with E-state index in [1.54, 1.807) is 0 Å². The van der Waals surface area contributed by atoms with Crippen LogP contribution in [0.3, 0.4) is 0 Å². The zero-order valence-electron chi connectivity index (χ0n) is 9.07. The van der Waals surface area contributed by atoms with E-state index >= 15 is 0 Å². The lowest BCUT2D eigenvalue weighted by Gasteiger charge is -2.08. The van der Waals surface area contributed by atoms with E-state index in [9.17, 15) is 9.59 Å². The Morgan fingerprint density at radius 3 is 2.17 bits per heavy atom. The fourth-order valence-corrected chi connectivity index (χ4v) is 1.61. The van der Waals surface area contributed by atoms with Gasteiger partial charge in [-0.1, -0.05) is 0 Å². The van der Waals surface area contributed by atoms with Crippen LogP contribution >= 0.6 is 0 Å². The summed E-state index contributed by atoms with van der Waals surface area (Å²) in [4.78, 5) is 29.8. The second kappa shape index (κ2) is 4.62. The molecule has 2 aromatic heterocycles. The highest BCUT2D eigenvalue weighted by Crippen LogP contribution is 2.26. The van der Waals surface area contributed by atoms with Gasteiger partial charge in [0.15, 0.2) is 5.69 Å². The molecule has 0 atom stereocenters. The summed E-state index contributed by atoms with van der Waals surface area (Å²) in [7, 11) is 0. The first-order chi connectivity index (χ1) is 8.61. The first kappa shape index (κ1) is 11.7. The highest BCUT2D eigenvalue weighted by molar-refractivity contribution is 6.03. The second-order valence-electron chi connectivity index (χ2n) is 3.43. The van der Waals surface area contributed by atoms with Crippen molar-refractivity contribution in [1.29, 1.82) is 0 Å². The number of rotatable bonds is 3.